The van der Waals surface area contributed by atoms with E-state index in [-0.39, 0.29) is 5.56 Å². The van der Waals surface area contributed by atoms with Crippen molar-refractivity contribution in [3.63, 3.8) is 0 Å². The number of fused-ring (bicyclic) bond motifs is 3. The monoisotopic (exact) mass is 371 g/mol. The van der Waals surface area contributed by atoms with E-state index < -0.39 is 0 Å². The number of anilines is 1. The molecule has 5 rings (SSSR count). The van der Waals surface area contributed by atoms with Crippen molar-refractivity contribution in [2.24, 2.45) is 7.05 Å². The van der Waals surface area contributed by atoms with Gasteiger partial charge in [-0.05, 0) is 29.8 Å². The molecule has 0 unspecified atom stereocenters. The Hall–Kier alpha value is -3.87. The van der Waals surface area contributed by atoms with Crippen molar-refractivity contribution in [1.29, 1.82) is 0 Å². The SMILES string of the molecule is Cn1cc(-c2ccc3c(NCc4ccco4)nc4cc[nH]c(=O)c4c3c2)cn1. The van der Waals surface area contributed by atoms with Gasteiger partial charge in [-0.1, -0.05) is 12.1 Å². The molecule has 28 heavy (non-hydrogen) atoms. The van der Waals surface area contributed by atoms with E-state index in [1.807, 2.05) is 55.8 Å². The first-order valence-electron chi connectivity index (χ1n) is 8.89. The molecular weight excluding hydrogens is 354 g/mol. The maximum absolute atomic E-state index is 12.6. The molecule has 138 valence electrons. The van der Waals surface area contributed by atoms with E-state index in [4.69, 9.17) is 4.42 Å². The van der Waals surface area contributed by atoms with Gasteiger partial charge in [-0.2, -0.15) is 5.10 Å². The number of nitrogens with one attached hydrogen (secondary N) is 2. The van der Waals surface area contributed by atoms with Crippen LogP contribution in [0.1, 0.15) is 5.76 Å². The van der Waals surface area contributed by atoms with Crippen LogP contribution in [0.25, 0.3) is 32.8 Å². The summed E-state index contributed by atoms with van der Waals surface area (Å²) in [5.41, 5.74) is 2.47. The lowest BCUT2D eigenvalue weighted by atomic mass is 10.0. The Balaban J connectivity index is 1.72. The van der Waals surface area contributed by atoms with Crippen molar-refractivity contribution < 1.29 is 4.42 Å². The van der Waals surface area contributed by atoms with Crippen LogP contribution in [0.5, 0.6) is 0 Å². The summed E-state index contributed by atoms with van der Waals surface area (Å²) in [6.07, 6.45) is 7.02. The minimum atomic E-state index is -0.157. The molecule has 0 aliphatic rings. The molecule has 7 nitrogen and oxygen atoms in total. The number of nitrogens with zero attached hydrogens (tertiary/aromatic N) is 3. The summed E-state index contributed by atoms with van der Waals surface area (Å²) in [6.45, 7) is 0.508. The largest absolute Gasteiger partial charge is 0.467 e. The topological polar surface area (TPSA) is 88.7 Å². The molecule has 1 aromatic carbocycles. The lowest BCUT2D eigenvalue weighted by Gasteiger charge is -2.11. The van der Waals surface area contributed by atoms with Crippen molar-refractivity contribution in [3.05, 3.63) is 77.4 Å². The zero-order chi connectivity index (χ0) is 19.1. The van der Waals surface area contributed by atoms with Gasteiger partial charge in [0.1, 0.15) is 11.6 Å². The van der Waals surface area contributed by atoms with Crippen molar-refractivity contribution in [2.45, 2.75) is 6.54 Å². The molecule has 0 saturated heterocycles. The minimum Gasteiger partial charge on any atom is -0.467 e. The minimum absolute atomic E-state index is 0.157. The summed E-state index contributed by atoms with van der Waals surface area (Å²) in [5.74, 6) is 1.52. The molecule has 0 bridgehead atoms. The highest BCUT2D eigenvalue weighted by molar-refractivity contribution is 6.10. The predicted octanol–water partition coefficient (Wildman–Crippen LogP) is 3.68. The Morgan fingerprint density at radius 2 is 2.11 bits per heavy atom. The van der Waals surface area contributed by atoms with Crippen LogP contribution in [0, 0.1) is 0 Å². The molecule has 4 heterocycles. The first-order chi connectivity index (χ1) is 13.7. The van der Waals surface area contributed by atoms with Crippen LogP contribution < -0.4 is 10.9 Å². The third kappa shape index (κ3) is 2.73. The number of pyridine rings is 2. The molecular formula is C21H17N5O2. The highest BCUT2D eigenvalue weighted by Crippen LogP contribution is 2.31. The van der Waals surface area contributed by atoms with Gasteiger partial charge in [-0.3, -0.25) is 9.48 Å². The van der Waals surface area contributed by atoms with Crippen LogP contribution in [-0.4, -0.2) is 19.7 Å². The van der Waals surface area contributed by atoms with E-state index in [1.54, 1.807) is 17.1 Å². The van der Waals surface area contributed by atoms with Gasteiger partial charge < -0.3 is 14.7 Å². The molecule has 7 heteroatoms. The van der Waals surface area contributed by atoms with E-state index in [1.165, 1.54) is 0 Å². The second-order valence-corrected chi connectivity index (χ2v) is 6.62. The van der Waals surface area contributed by atoms with Crippen LogP contribution in [0.15, 0.2) is 70.5 Å². The smallest absolute Gasteiger partial charge is 0.258 e. The summed E-state index contributed by atoms with van der Waals surface area (Å²) in [5, 5.41) is 9.87. The van der Waals surface area contributed by atoms with Crippen molar-refractivity contribution in [1.82, 2.24) is 19.7 Å². The fourth-order valence-corrected chi connectivity index (χ4v) is 3.43. The molecule has 0 aliphatic carbocycles. The van der Waals surface area contributed by atoms with E-state index >= 15 is 0 Å². The molecule has 5 aromatic rings. The Morgan fingerprint density at radius 1 is 1.18 bits per heavy atom. The molecule has 0 amide bonds. The molecule has 0 saturated carbocycles. The summed E-state index contributed by atoms with van der Waals surface area (Å²) < 4.78 is 7.16. The molecule has 4 aromatic heterocycles. The number of aryl methyl sites for hydroxylation is 1. The number of benzene rings is 1. The Labute approximate surface area is 159 Å². The number of hydrogen-bond acceptors (Lipinski definition) is 5. The van der Waals surface area contributed by atoms with E-state index in [2.05, 4.69) is 20.4 Å². The Bertz CT molecular complexity index is 1350. The Kier molecular flexibility index (Phi) is 3.72. The normalized spacial score (nSPS) is 11.3. The van der Waals surface area contributed by atoms with Crippen LogP contribution >= 0.6 is 0 Å². The zero-order valence-electron chi connectivity index (χ0n) is 15.1. The average molecular weight is 371 g/mol. The van der Waals surface area contributed by atoms with Crippen LogP contribution in [0.4, 0.5) is 5.82 Å². The highest BCUT2D eigenvalue weighted by Gasteiger charge is 2.13. The zero-order valence-corrected chi connectivity index (χ0v) is 15.1. The fraction of sp³-hybridized carbons (Fsp3) is 0.0952. The van der Waals surface area contributed by atoms with Gasteiger partial charge in [0.2, 0.25) is 0 Å². The van der Waals surface area contributed by atoms with Crippen molar-refractivity contribution in [3.8, 4) is 11.1 Å². The number of rotatable bonds is 4. The van der Waals surface area contributed by atoms with Crippen LogP contribution in [0.2, 0.25) is 0 Å². The second-order valence-electron chi connectivity index (χ2n) is 6.62. The maximum Gasteiger partial charge on any atom is 0.258 e. The fourth-order valence-electron chi connectivity index (χ4n) is 3.43. The van der Waals surface area contributed by atoms with E-state index in [0.717, 1.165) is 27.7 Å². The lowest BCUT2D eigenvalue weighted by molar-refractivity contribution is 0.518. The van der Waals surface area contributed by atoms with Crippen molar-refractivity contribution in [2.75, 3.05) is 5.32 Å². The van der Waals surface area contributed by atoms with Crippen LogP contribution in [-0.2, 0) is 13.6 Å². The van der Waals surface area contributed by atoms with Gasteiger partial charge >= 0.3 is 0 Å². The number of aromatic amines is 1. The van der Waals surface area contributed by atoms with Gasteiger partial charge in [-0.15, -0.1) is 0 Å². The van der Waals surface area contributed by atoms with Crippen molar-refractivity contribution >= 4 is 27.5 Å². The third-order valence-electron chi connectivity index (χ3n) is 4.76. The molecule has 0 radical (unpaired) electrons. The van der Waals surface area contributed by atoms with Gasteiger partial charge in [0.15, 0.2) is 0 Å². The summed E-state index contributed by atoms with van der Waals surface area (Å²) >= 11 is 0. The lowest BCUT2D eigenvalue weighted by Crippen LogP contribution is -2.08. The molecule has 0 atom stereocenters. The first-order valence-corrected chi connectivity index (χ1v) is 8.89. The second kappa shape index (κ2) is 6.38. The van der Waals surface area contributed by atoms with Gasteiger partial charge in [0.25, 0.3) is 5.56 Å². The number of hydrogen-bond donors (Lipinski definition) is 2. The number of aromatic nitrogens is 4. The van der Waals surface area contributed by atoms with Gasteiger partial charge in [0.05, 0.1) is 29.9 Å². The van der Waals surface area contributed by atoms with E-state index in [0.29, 0.717) is 23.3 Å². The van der Waals surface area contributed by atoms with Gasteiger partial charge in [-0.25, -0.2) is 4.98 Å². The molecule has 0 fully saturated rings. The number of H-pyrrole nitrogens is 1. The quantitative estimate of drug-likeness (QED) is 0.471. The summed E-state index contributed by atoms with van der Waals surface area (Å²) in [7, 11) is 1.88. The predicted molar refractivity (Wildman–Crippen MR) is 108 cm³/mol. The Morgan fingerprint density at radius 3 is 2.89 bits per heavy atom. The average Bonchev–Trinajstić information content (AvgIpc) is 3.37. The third-order valence-corrected chi connectivity index (χ3v) is 4.76. The standard InChI is InChI=1S/C21H17N5O2/c1-26-12-14(10-24-26)13-4-5-16-17(9-13)19-18(6-7-22-21(19)27)25-20(16)23-11-15-3-2-8-28-15/h2-10,12H,11H2,1H3,(H,22,27)(H,23,25). The van der Waals surface area contributed by atoms with Gasteiger partial charge in [0, 0.05) is 35.8 Å². The molecule has 0 spiro atoms. The summed E-state index contributed by atoms with van der Waals surface area (Å²) in [6, 6.07) is 11.6. The molecule has 0 aliphatic heterocycles. The van der Waals surface area contributed by atoms with E-state index in [9.17, 15) is 4.79 Å². The van der Waals surface area contributed by atoms with Crippen LogP contribution in [0.3, 0.4) is 0 Å². The highest BCUT2D eigenvalue weighted by atomic mass is 16.3. The maximum atomic E-state index is 12.6. The first kappa shape index (κ1) is 16.3. The number of furan rings is 1. The summed E-state index contributed by atoms with van der Waals surface area (Å²) in [4.78, 5) is 20.0. The molecule has 2 N–H and O–H groups in total.